The van der Waals surface area contributed by atoms with E-state index in [1.165, 1.54) is 12.1 Å². The molecule has 21 heavy (non-hydrogen) atoms. The van der Waals surface area contributed by atoms with Crippen molar-refractivity contribution in [3.05, 3.63) is 35.1 Å². The number of rotatable bonds is 4. The topological polar surface area (TPSA) is 64.7 Å². The predicted octanol–water partition coefficient (Wildman–Crippen LogP) is 1.81. The van der Waals surface area contributed by atoms with E-state index in [9.17, 15) is 18.0 Å². The number of amidine groups is 1. The maximum Gasteiger partial charge on any atom is 0.296 e. The molecule has 0 spiro atoms. The number of nitrogens with zero attached hydrogens (tertiary/aromatic N) is 1. The normalized spacial score (nSPS) is 22.2. The minimum absolute atomic E-state index is 0.122. The fourth-order valence-corrected chi connectivity index (χ4v) is 2.25. The van der Waals surface area contributed by atoms with Gasteiger partial charge in [0.2, 0.25) is 5.78 Å². The molecule has 1 atom stereocenters. The Morgan fingerprint density at radius 1 is 1.52 bits per heavy atom. The van der Waals surface area contributed by atoms with Crippen molar-refractivity contribution in [3.8, 4) is 0 Å². The van der Waals surface area contributed by atoms with Crippen LogP contribution < -0.4 is 5.73 Å². The third-order valence-corrected chi connectivity index (χ3v) is 3.26. The van der Waals surface area contributed by atoms with Crippen molar-refractivity contribution in [2.75, 3.05) is 13.2 Å². The van der Waals surface area contributed by atoms with Crippen LogP contribution in [0, 0.1) is 5.82 Å². The molecule has 1 aliphatic rings. The van der Waals surface area contributed by atoms with Gasteiger partial charge in [-0.1, -0.05) is 6.07 Å². The average Bonchev–Trinajstić information content (AvgIpc) is 2.40. The fourth-order valence-electron chi connectivity index (χ4n) is 2.25. The van der Waals surface area contributed by atoms with E-state index in [0.29, 0.717) is 5.56 Å². The van der Waals surface area contributed by atoms with Gasteiger partial charge in [0.25, 0.3) is 6.43 Å². The van der Waals surface area contributed by atoms with Crippen LogP contribution in [0.4, 0.5) is 13.2 Å². The van der Waals surface area contributed by atoms with Crippen molar-refractivity contribution < 1.29 is 22.7 Å². The Morgan fingerprint density at radius 2 is 2.24 bits per heavy atom. The molecule has 0 saturated carbocycles. The number of carbonyl (C=O) groups excluding carboxylic acids is 1. The Bertz CT molecular complexity index is 590. The van der Waals surface area contributed by atoms with E-state index in [4.69, 9.17) is 10.5 Å². The van der Waals surface area contributed by atoms with Crippen molar-refractivity contribution >= 4 is 11.6 Å². The number of benzene rings is 1. The van der Waals surface area contributed by atoms with Gasteiger partial charge in [0.1, 0.15) is 23.8 Å². The van der Waals surface area contributed by atoms with Gasteiger partial charge in [-0.2, -0.15) is 0 Å². The molecule has 4 nitrogen and oxygen atoms in total. The Hall–Kier alpha value is -1.89. The molecule has 0 aromatic heterocycles. The van der Waals surface area contributed by atoms with Gasteiger partial charge in [-0.15, -0.1) is 0 Å². The summed E-state index contributed by atoms with van der Waals surface area (Å²) in [5.74, 6) is -1.52. The maximum atomic E-state index is 14.0. The van der Waals surface area contributed by atoms with Gasteiger partial charge < -0.3 is 10.5 Å². The second-order valence-corrected chi connectivity index (χ2v) is 5.13. The summed E-state index contributed by atoms with van der Waals surface area (Å²) in [6.07, 6.45) is -3.50. The zero-order chi connectivity index (χ0) is 15.6. The highest BCUT2D eigenvalue weighted by atomic mass is 19.3. The molecular formula is C14H15F3N2O2. The van der Waals surface area contributed by atoms with Crippen LogP contribution in [0.2, 0.25) is 0 Å². The molecule has 0 fully saturated rings. The molecule has 2 rings (SSSR count). The first kappa shape index (κ1) is 15.5. The maximum absolute atomic E-state index is 14.0. The summed E-state index contributed by atoms with van der Waals surface area (Å²) in [7, 11) is 0. The highest BCUT2D eigenvalue weighted by molar-refractivity contribution is 5.84. The SMILES string of the molecule is C[C@@]1(c2cc(CC(=O)C(F)F)ccc2F)COCC(N)=N1. The van der Waals surface area contributed by atoms with Crippen molar-refractivity contribution in [2.45, 2.75) is 25.3 Å². The highest BCUT2D eigenvalue weighted by Gasteiger charge is 2.33. The molecule has 0 unspecified atom stereocenters. The van der Waals surface area contributed by atoms with E-state index in [-0.39, 0.29) is 24.6 Å². The van der Waals surface area contributed by atoms with Gasteiger partial charge in [0.05, 0.1) is 6.61 Å². The van der Waals surface area contributed by atoms with E-state index in [0.717, 1.165) is 6.07 Å². The number of ether oxygens (including phenoxy) is 1. The second-order valence-electron chi connectivity index (χ2n) is 5.13. The van der Waals surface area contributed by atoms with E-state index < -0.39 is 30.0 Å². The third-order valence-electron chi connectivity index (χ3n) is 3.26. The third kappa shape index (κ3) is 3.41. The first-order valence-electron chi connectivity index (χ1n) is 6.33. The first-order chi connectivity index (χ1) is 9.82. The standard InChI is InChI=1S/C14H15F3N2O2/c1-14(7-21-6-12(18)19-14)9-4-8(2-3-10(9)15)5-11(20)13(16)17/h2-4,13H,5-7H2,1H3,(H2,18,19)/t14-/m0/s1. The Morgan fingerprint density at radius 3 is 2.86 bits per heavy atom. The summed E-state index contributed by atoms with van der Waals surface area (Å²) in [5.41, 5.74) is 5.05. The van der Waals surface area contributed by atoms with Crippen LogP contribution in [0.3, 0.4) is 0 Å². The van der Waals surface area contributed by atoms with Crippen molar-refractivity contribution in [1.29, 1.82) is 0 Å². The lowest BCUT2D eigenvalue weighted by Gasteiger charge is -2.30. The molecule has 2 N–H and O–H groups in total. The number of nitrogens with two attached hydrogens (primary N) is 1. The lowest BCUT2D eigenvalue weighted by atomic mass is 9.90. The van der Waals surface area contributed by atoms with E-state index in [2.05, 4.69) is 4.99 Å². The highest BCUT2D eigenvalue weighted by Crippen LogP contribution is 2.31. The molecular weight excluding hydrogens is 285 g/mol. The molecule has 0 amide bonds. The van der Waals surface area contributed by atoms with E-state index in [1.54, 1.807) is 6.92 Å². The molecule has 1 aromatic carbocycles. The molecule has 0 bridgehead atoms. The smallest absolute Gasteiger partial charge is 0.296 e. The molecule has 0 saturated heterocycles. The average molecular weight is 300 g/mol. The molecule has 0 aliphatic carbocycles. The zero-order valence-electron chi connectivity index (χ0n) is 11.4. The van der Waals surface area contributed by atoms with Crippen LogP contribution in [0.25, 0.3) is 0 Å². The molecule has 1 aromatic rings. The minimum atomic E-state index is -3.04. The van der Waals surface area contributed by atoms with Crippen molar-refractivity contribution in [3.63, 3.8) is 0 Å². The number of aliphatic imine (C=N–C) groups is 1. The Balaban J connectivity index is 2.35. The van der Waals surface area contributed by atoms with Crippen LogP contribution in [0.1, 0.15) is 18.1 Å². The fraction of sp³-hybridized carbons (Fsp3) is 0.429. The van der Waals surface area contributed by atoms with Gasteiger partial charge in [-0.05, 0) is 24.6 Å². The van der Waals surface area contributed by atoms with Crippen LogP contribution in [0.5, 0.6) is 0 Å². The Kier molecular flexibility index (Phi) is 4.32. The van der Waals surface area contributed by atoms with Crippen LogP contribution in [-0.2, 0) is 21.5 Å². The second kappa shape index (κ2) is 5.85. The number of hydrogen-bond donors (Lipinski definition) is 1. The van der Waals surface area contributed by atoms with Gasteiger partial charge >= 0.3 is 0 Å². The van der Waals surface area contributed by atoms with Crippen LogP contribution in [-0.4, -0.2) is 31.3 Å². The summed E-state index contributed by atoms with van der Waals surface area (Å²) in [6.45, 7) is 1.92. The number of alkyl halides is 2. The first-order valence-corrected chi connectivity index (χ1v) is 6.33. The number of carbonyl (C=O) groups is 1. The number of ketones is 1. The quantitative estimate of drug-likeness (QED) is 0.922. The van der Waals surface area contributed by atoms with Crippen LogP contribution in [0.15, 0.2) is 23.2 Å². The lowest BCUT2D eigenvalue weighted by Crippen LogP contribution is -2.38. The van der Waals surface area contributed by atoms with Gasteiger partial charge in [0.15, 0.2) is 0 Å². The van der Waals surface area contributed by atoms with Crippen LogP contribution >= 0.6 is 0 Å². The van der Waals surface area contributed by atoms with Gasteiger partial charge in [-0.3, -0.25) is 9.79 Å². The number of Topliss-reactive ketones (excluding diaryl/α,β-unsaturated/α-hetero) is 1. The predicted molar refractivity (Wildman–Crippen MR) is 70.9 cm³/mol. The summed E-state index contributed by atoms with van der Waals surface area (Å²) in [5, 5.41) is 0. The molecule has 114 valence electrons. The van der Waals surface area contributed by atoms with E-state index >= 15 is 0 Å². The summed E-state index contributed by atoms with van der Waals surface area (Å²) >= 11 is 0. The number of hydrogen-bond acceptors (Lipinski definition) is 4. The van der Waals surface area contributed by atoms with Gasteiger partial charge in [0, 0.05) is 12.0 Å². The molecule has 1 heterocycles. The molecule has 1 aliphatic heterocycles. The summed E-state index contributed by atoms with van der Waals surface area (Å²) in [4.78, 5) is 15.3. The van der Waals surface area contributed by atoms with Crippen molar-refractivity contribution in [2.24, 2.45) is 10.7 Å². The zero-order valence-corrected chi connectivity index (χ0v) is 11.4. The van der Waals surface area contributed by atoms with Crippen molar-refractivity contribution in [1.82, 2.24) is 0 Å². The monoisotopic (exact) mass is 300 g/mol. The molecule has 7 heteroatoms. The Labute approximate surface area is 119 Å². The number of halogens is 3. The molecule has 0 radical (unpaired) electrons. The van der Waals surface area contributed by atoms with E-state index in [1.807, 2.05) is 0 Å². The minimum Gasteiger partial charge on any atom is -0.386 e. The van der Waals surface area contributed by atoms with Gasteiger partial charge in [-0.25, -0.2) is 13.2 Å². The summed E-state index contributed by atoms with van der Waals surface area (Å²) in [6, 6.07) is 3.80. The summed E-state index contributed by atoms with van der Waals surface area (Å²) < 4.78 is 43.9. The largest absolute Gasteiger partial charge is 0.386 e. The lowest BCUT2D eigenvalue weighted by molar-refractivity contribution is -0.128.